The molecule has 1 unspecified atom stereocenters. The highest BCUT2D eigenvalue weighted by atomic mass is 32.2. The third kappa shape index (κ3) is 7.48. The Kier molecular flexibility index (Phi) is 9.26. The van der Waals surface area contributed by atoms with E-state index in [0.717, 1.165) is 0 Å². The highest BCUT2D eigenvalue weighted by molar-refractivity contribution is 7.93. The maximum Gasteiger partial charge on any atom is 0.322 e. The van der Waals surface area contributed by atoms with Crippen molar-refractivity contribution in [2.24, 2.45) is 0 Å². The number of ether oxygens (including phenoxy) is 4. The summed E-state index contributed by atoms with van der Waals surface area (Å²) in [6.07, 6.45) is 1.59. The summed E-state index contributed by atoms with van der Waals surface area (Å²) in [4.78, 5) is 10.7. The second-order valence-electron chi connectivity index (χ2n) is 6.44. The zero-order valence-electron chi connectivity index (χ0n) is 18.4. The van der Waals surface area contributed by atoms with Crippen LogP contribution in [0.2, 0.25) is 0 Å². The van der Waals surface area contributed by atoms with Gasteiger partial charge >= 0.3 is 16.1 Å². The van der Waals surface area contributed by atoms with Crippen molar-refractivity contribution in [2.45, 2.75) is 5.75 Å². The molecule has 2 aromatic carbocycles. The van der Waals surface area contributed by atoms with Gasteiger partial charge in [-0.1, -0.05) is 6.07 Å². The van der Waals surface area contributed by atoms with Crippen molar-refractivity contribution < 1.29 is 46.0 Å². The van der Waals surface area contributed by atoms with Crippen LogP contribution in [0.3, 0.4) is 0 Å². The lowest BCUT2D eigenvalue weighted by Gasteiger charge is -2.13. The average molecular weight is 501 g/mol. The second-order valence-corrected chi connectivity index (χ2v) is 9.33. The Balaban J connectivity index is 2.25. The molecule has 0 spiro atoms. The minimum absolute atomic E-state index is 0.0244. The number of carboxylic acids is 1. The largest absolute Gasteiger partial charge is 0.612 e. The molecule has 0 aliphatic carbocycles. The number of aliphatic carboxylic acids is 1. The normalized spacial score (nSPS) is 12.3. The predicted octanol–water partition coefficient (Wildman–Crippen LogP) is 2.43. The summed E-state index contributed by atoms with van der Waals surface area (Å²) in [7, 11) is 1.41. The zero-order valence-corrected chi connectivity index (χ0v) is 20.0. The van der Waals surface area contributed by atoms with E-state index in [4.69, 9.17) is 28.2 Å². The van der Waals surface area contributed by atoms with Crippen LogP contribution in [0.5, 0.6) is 28.7 Å². The Bertz CT molecular complexity index is 1090. The molecule has 1 atom stereocenters. The van der Waals surface area contributed by atoms with Crippen molar-refractivity contribution in [1.29, 1.82) is 0 Å². The summed E-state index contributed by atoms with van der Waals surface area (Å²) >= 11 is -1.51. The molecular formula is C21H24O10S2. The molecule has 0 aliphatic heterocycles. The standard InChI is InChI=1S/C21H24O10S2/c1-27-15-10-18(29-3)16(19(11-15)30-4)7-8-32(24)12-14-5-6-17(28-2)20(9-14)31-33(25,26)13-21(22)23/h5-11H,12-13H2,1-4H3,(H,22,23). The maximum absolute atomic E-state index is 12.7. The number of benzene rings is 2. The summed E-state index contributed by atoms with van der Waals surface area (Å²) < 4.78 is 62.3. The molecule has 0 saturated carbocycles. The van der Waals surface area contributed by atoms with Gasteiger partial charge in [0, 0.05) is 23.8 Å². The summed E-state index contributed by atoms with van der Waals surface area (Å²) in [6.45, 7) is 0. The lowest BCUT2D eigenvalue weighted by Crippen LogP contribution is -2.20. The van der Waals surface area contributed by atoms with Gasteiger partial charge in [-0.15, -0.1) is 0 Å². The van der Waals surface area contributed by atoms with Crippen LogP contribution in [-0.4, -0.2) is 58.2 Å². The van der Waals surface area contributed by atoms with Crippen LogP contribution < -0.4 is 23.1 Å². The van der Waals surface area contributed by atoms with E-state index in [-0.39, 0.29) is 17.3 Å². The van der Waals surface area contributed by atoms with Gasteiger partial charge in [-0.05, 0) is 23.3 Å². The Morgan fingerprint density at radius 1 is 0.970 bits per heavy atom. The van der Waals surface area contributed by atoms with E-state index < -0.39 is 33.0 Å². The molecule has 10 nitrogen and oxygen atoms in total. The Morgan fingerprint density at radius 2 is 1.58 bits per heavy atom. The van der Waals surface area contributed by atoms with E-state index in [9.17, 15) is 17.8 Å². The highest BCUT2D eigenvalue weighted by Crippen LogP contribution is 2.35. The minimum Gasteiger partial charge on any atom is -0.612 e. The first kappa shape index (κ1) is 26.2. The predicted molar refractivity (Wildman–Crippen MR) is 122 cm³/mol. The van der Waals surface area contributed by atoms with Crippen LogP contribution in [0.15, 0.2) is 35.7 Å². The number of methoxy groups -OCH3 is 4. The first-order valence-corrected chi connectivity index (χ1v) is 12.2. The van der Waals surface area contributed by atoms with Crippen LogP contribution >= 0.6 is 0 Å². The molecular weight excluding hydrogens is 476 g/mol. The third-order valence-electron chi connectivity index (χ3n) is 4.19. The molecule has 33 heavy (non-hydrogen) atoms. The number of hydrogen-bond acceptors (Lipinski definition) is 9. The minimum atomic E-state index is -4.39. The lowest BCUT2D eigenvalue weighted by atomic mass is 10.1. The third-order valence-corrected chi connectivity index (χ3v) is 6.29. The van der Waals surface area contributed by atoms with Gasteiger partial charge in [-0.3, -0.25) is 4.79 Å². The first-order chi connectivity index (χ1) is 15.6. The first-order valence-electron chi connectivity index (χ1n) is 9.28. The molecule has 0 aromatic heterocycles. The molecule has 0 amide bonds. The average Bonchev–Trinajstić information content (AvgIpc) is 2.75. The summed E-state index contributed by atoms with van der Waals surface area (Å²) in [5.41, 5.74) is 1.04. The van der Waals surface area contributed by atoms with E-state index in [1.807, 2.05) is 0 Å². The van der Waals surface area contributed by atoms with Gasteiger partial charge in [0.05, 0.1) is 34.0 Å². The summed E-state index contributed by atoms with van der Waals surface area (Å²) in [5, 5.41) is 10.2. The SMILES string of the molecule is COc1cc(OC)c(C=C[S+]([O-])Cc2ccc(OC)c(OS(=O)(=O)CC(=O)O)c2)c(OC)c1. The van der Waals surface area contributed by atoms with Gasteiger partial charge in [-0.25, -0.2) is 0 Å². The molecule has 0 radical (unpaired) electrons. The molecule has 0 bridgehead atoms. The van der Waals surface area contributed by atoms with Crippen molar-refractivity contribution in [2.75, 3.05) is 34.2 Å². The van der Waals surface area contributed by atoms with E-state index in [1.165, 1.54) is 46.0 Å². The number of hydrogen-bond donors (Lipinski definition) is 1. The number of carbonyl (C=O) groups is 1. The van der Waals surface area contributed by atoms with Crippen LogP contribution in [-0.2, 0) is 31.8 Å². The van der Waals surface area contributed by atoms with E-state index >= 15 is 0 Å². The molecule has 2 rings (SSSR count). The molecule has 12 heteroatoms. The second kappa shape index (κ2) is 11.7. The van der Waals surface area contributed by atoms with Crippen molar-refractivity contribution >= 4 is 33.3 Å². The van der Waals surface area contributed by atoms with Gasteiger partial charge in [0.1, 0.15) is 28.4 Å². The molecule has 0 heterocycles. The van der Waals surface area contributed by atoms with Gasteiger partial charge < -0.3 is 32.8 Å². The van der Waals surface area contributed by atoms with E-state index in [1.54, 1.807) is 24.3 Å². The maximum atomic E-state index is 12.7. The molecule has 0 saturated heterocycles. The zero-order chi connectivity index (χ0) is 24.6. The van der Waals surface area contributed by atoms with Crippen LogP contribution in [0.1, 0.15) is 11.1 Å². The fraction of sp³-hybridized carbons (Fsp3) is 0.286. The quantitative estimate of drug-likeness (QED) is 0.341. The summed E-state index contributed by atoms with van der Waals surface area (Å²) in [5.74, 6) is -1.40. The van der Waals surface area contributed by atoms with Gasteiger partial charge in [0.25, 0.3) is 0 Å². The van der Waals surface area contributed by atoms with Crippen LogP contribution in [0.25, 0.3) is 6.08 Å². The fourth-order valence-electron chi connectivity index (χ4n) is 2.75. The van der Waals surface area contributed by atoms with Crippen molar-refractivity contribution in [1.82, 2.24) is 0 Å². The molecule has 0 fully saturated rings. The van der Waals surface area contributed by atoms with Crippen LogP contribution in [0.4, 0.5) is 0 Å². The van der Waals surface area contributed by atoms with Gasteiger partial charge in [0.15, 0.2) is 17.3 Å². The van der Waals surface area contributed by atoms with Crippen molar-refractivity contribution in [3.63, 3.8) is 0 Å². The Morgan fingerprint density at radius 3 is 2.09 bits per heavy atom. The topological polar surface area (TPSA) is 141 Å². The van der Waals surface area contributed by atoms with E-state index in [0.29, 0.717) is 28.4 Å². The highest BCUT2D eigenvalue weighted by Gasteiger charge is 2.21. The van der Waals surface area contributed by atoms with Gasteiger partial charge in [-0.2, -0.15) is 8.42 Å². The van der Waals surface area contributed by atoms with Crippen LogP contribution in [0, 0.1) is 0 Å². The van der Waals surface area contributed by atoms with Crippen molar-refractivity contribution in [3.05, 3.63) is 46.9 Å². The van der Waals surface area contributed by atoms with Gasteiger partial charge in [0.2, 0.25) is 0 Å². The molecule has 1 N–H and O–H groups in total. The fourth-order valence-corrected chi connectivity index (χ4v) is 4.40. The number of rotatable bonds is 12. The molecule has 2 aromatic rings. The number of carboxylic acid groups (broad SMARTS) is 1. The lowest BCUT2D eigenvalue weighted by molar-refractivity contribution is -0.134. The summed E-state index contributed by atoms with van der Waals surface area (Å²) in [6, 6.07) is 7.69. The smallest absolute Gasteiger partial charge is 0.322 e. The Labute approximate surface area is 195 Å². The van der Waals surface area contributed by atoms with Crippen molar-refractivity contribution in [3.8, 4) is 28.7 Å². The molecule has 0 aliphatic rings. The Hall–Kier alpha value is -3.09. The van der Waals surface area contributed by atoms with E-state index in [2.05, 4.69) is 0 Å². The monoisotopic (exact) mass is 500 g/mol. The molecule has 180 valence electrons.